The van der Waals surface area contributed by atoms with Crippen LogP contribution in [0.15, 0.2) is 41.6 Å². The third kappa shape index (κ3) is 4.45. The second kappa shape index (κ2) is 9.34. The quantitative estimate of drug-likeness (QED) is 0.529. The molecule has 0 radical (unpaired) electrons. The third-order valence-electron chi connectivity index (χ3n) is 6.30. The van der Waals surface area contributed by atoms with Crippen LogP contribution in [0.3, 0.4) is 0 Å². The van der Waals surface area contributed by atoms with E-state index < -0.39 is 10.0 Å². The van der Waals surface area contributed by atoms with Crippen LogP contribution in [-0.2, 0) is 27.8 Å². The second-order valence-corrected chi connectivity index (χ2v) is 10.2. The number of benzene rings is 1. The molecule has 2 saturated heterocycles. The molecule has 4 heterocycles. The van der Waals surface area contributed by atoms with Crippen molar-refractivity contribution in [1.82, 2.24) is 28.7 Å². The van der Waals surface area contributed by atoms with Gasteiger partial charge in [-0.3, -0.25) is 4.90 Å². The molecule has 0 aliphatic carbocycles. The molecule has 0 saturated carbocycles. The van der Waals surface area contributed by atoms with Gasteiger partial charge in [-0.15, -0.1) is 0 Å². The van der Waals surface area contributed by atoms with Crippen molar-refractivity contribution in [3.05, 3.63) is 42.5 Å². The van der Waals surface area contributed by atoms with E-state index in [1.807, 2.05) is 12.1 Å². The minimum atomic E-state index is -3.55. The summed E-state index contributed by atoms with van der Waals surface area (Å²) in [5.41, 5.74) is 1.68. The van der Waals surface area contributed by atoms with E-state index in [-0.39, 0.29) is 0 Å². The predicted molar refractivity (Wildman–Crippen MR) is 125 cm³/mol. The summed E-state index contributed by atoms with van der Waals surface area (Å²) in [7, 11) is -3.55. The number of anilines is 1. The summed E-state index contributed by atoms with van der Waals surface area (Å²) in [5, 5.41) is 0. The van der Waals surface area contributed by atoms with Crippen molar-refractivity contribution in [3.63, 3.8) is 0 Å². The Morgan fingerprint density at radius 1 is 1.00 bits per heavy atom. The first-order valence-electron chi connectivity index (χ1n) is 11.4. The summed E-state index contributed by atoms with van der Waals surface area (Å²) in [6.45, 7) is 8.72. The molecular formula is C22H29N7O3S. The van der Waals surface area contributed by atoms with Crippen LogP contribution in [-0.4, -0.2) is 89.6 Å². The van der Waals surface area contributed by atoms with E-state index in [1.165, 1.54) is 4.31 Å². The number of imidazole rings is 1. The number of hydrogen-bond donors (Lipinski definition) is 0. The lowest BCUT2D eigenvalue weighted by Gasteiger charge is -2.34. The molecular weight excluding hydrogens is 442 g/mol. The van der Waals surface area contributed by atoms with E-state index >= 15 is 0 Å². The molecule has 0 N–H and O–H groups in total. The van der Waals surface area contributed by atoms with Gasteiger partial charge in [0.15, 0.2) is 0 Å². The molecule has 0 unspecified atom stereocenters. The summed E-state index contributed by atoms with van der Waals surface area (Å²) in [5.74, 6) is 1.73. The highest BCUT2D eigenvalue weighted by Crippen LogP contribution is 2.24. The fourth-order valence-electron chi connectivity index (χ4n) is 4.49. The van der Waals surface area contributed by atoms with Crippen molar-refractivity contribution in [3.8, 4) is 0 Å². The summed E-state index contributed by atoms with van der Waals surface area (Å²) in [6.07, 6.45) is 3.54. The van der Waals surface area contributed by atoms with Crippen LogP contribution in [0.25, 0.3) is 11.0 Å². The van der Waals surface area contributed by atoms with Crippen molar-refractivity contribution in [2.24, 2.45) is 0 Å². The zero-order chi connectivity index (χ0) is 22.8. The number of hydrogen-bond acceptors (Lipinski definition) is 8. The Kier molecular flexibility index (Phi) is 6.28. The van der Waals surface area contributed by atoms with Gasteiger partial charge < -0.3 is 14.2 Å². The number of aryl methyl sites for hydroxylation is 1. The molecule has 176 valence electrons. The van der Waals surface area contributed by atoms with Gasteiger partial charge >= 0.3 is 0 Å². The summed E-state index contributed by atoms with van der Waals surface area (Å²) in [4.78, 5) is 18.4. The van der Waals surface area contributed by atoms with Crippen molar-refractivity contribution < 1.29 is 13.2 Å². The van der Waals surface area contributed by atoms with E-state index in [2.05, 4.69) is 31.3 Å². The smallest absolute Gasteiger partial charge is 0.243 e. The minimum Gasteiger partial charge on any atom is -0.379 e. The van der Waals surface area contributed by atoms with Crippen molar-refractivity contribution in [1.29, 1.82) is 0 Å². The number of aromatic nitrogens is 4. The molecule has 10 nitrogen and oxygen atoms in total. The largest absolute Gasteiger partial charge is 0.379 e. The van der Waals surface area contributed by atoms with Crippen LogP contribution in [0, 0.1) is 0 Å². The highest BCUT2D eigenvalue weighted by Gasteiger charge is 2.27. The first kappa shape index (κ1) is 22.2. The summed E-state index contributed by atoms with van der Waals surface area (Å²) < 4.78 is 35.1. The zero-order valence-electron chi connectivity index (χ0n) is 18.8. The number of nitrogens with zero attached hydrogens (tertiary/aromatic N) is 7. The maximum Gasteiger partial charge on any atom is 0.243 e. The molecule has 0 amide bonds. The third-order valence-corrected chi connectivity index (χ3v) is 8.19. The molecule has 2 fully saturated rings. The maximum atomic E-state index is 13.1. The van der Waals surface area contributed by atoms with E-state index in [0.29, 0.717) is 31.2 Å². The number of morpholine rings is 1. The van der Waals surface area contributed by atoms with Gasteiger partial charge in [0.1, 0.15) is 5.82 Å². The van der Waals surface area contributed by atoms with Crippen LogP contribution >= 0.6 is 0 Å². The first-order chi connectivity index (χ1) is 16.1. The number of fused-ring (bicyclic) bond motifs is 1. The van der Waals surface area contributed by atoms with Crippen LogP contribution in [0.2, 0.25) is 0 Å². The Balaban J connectivity index is 1.33. The van der Waals surface area contributed by atoms with E-state index in [9.17, 15) is 8.42 Å². The van der Waals surface area contributed by atoms with E-state index in [0.717, 1.165) is 62.1 Å². The Morgan fingerprint density at radius 2 is 1.73 bits per heavy atom. The molecule has 33 heavy (non-hydrogen) atoms. The second-order valence-electron chi connectivity index (χ2n) is 8.25. The Labute approximate surface area is 193 Å². The number of piperazine rings is 1. The molecule has 2 aliphatic heterocycles. The average molecular weight is 472 g/mol. The highest BCUT2D eigenvalue weighted by molar-refractivity contribution is 7.89. The lowest BCUT2D eigenvalue weighted by molar-refractivity contribution is 0.0730. The summed E-state index contributed by atoms with van der Waals surface area (Å²) >= 11 is 0. The van der Waals surface area contributed by atoms with Crippen molar-refractivity contribution in [2.75, 3.05) is 57.4 Å². The first-order valence-corrected chi connectivity index (χ1v) is 12.8. The summed E-state index contributed by atoms with van der Waals surface area (Å²) in [6, 6.07) is 7.11. The Bertz CT molecular complexity index is 1200. The normalized spacial score (nSPS) is 18.8. The molecule has 11 heteroatoms. The zero-order valence-corrected chi connectivity index (χ0v) is 19.6. The van der Waals surface area contributed by atoms with Crippen molar-refractivity contribution in [2.45, 2.75) is 24.9 Å². The molecule has 3 aromatic rings. The van der Waals surface area contributed by atoms with Crippen LogP contribution in [0.5, 0.6) is 0 Å². The van der Waals surface area contributed by atoms with Crippen LogP contribution in [0.1, 0.15) is 12.7 Å². The molecule has 5 rings (SSSR count). The van der Waals surface area contributed by atoms with Gasteiger partial charge in [-0.05, 0) is 31.2 Å². The molecule has 0 spiro atoms. The van der Waals surface area contributed by atoms with Gasteiger partial charge in [-0.25, -0.2) is 23.4 Å². The fourth-order valence-corrected chi connectivity index (χ4v) is 5.92. The van der Waals surface area contributed by atoms with Gasteiger partial charge in [-0.1, -0.05) is 0 Å². The SMILES string of the molecule is CCn1c(CN2CCN(c3ncccn3)CC2)nc2cc(S(=O)(=O)N3CCOCC3)ccc21. The lowest BCUT2D eigenvalue weighted by atomic mass is 10.3. The van der Waals surface area contributed by atoms with E-state index in [1.54, 1.807) is 24.5 Å². The maximum absolute atomic E-state index is 13.1. The monoisotopic (exact) mass is 471 g/mol. The molecule has 2 aliphatic rings. The number of sulfonamides is 1. The topological polar surface area (TPSA) is 96.7 Å². The lowest BCUT2D eigenvalue weighted by Crippen LogP contribution is -2.46. The fraction of sp³-hybridized carbons (Fsp3) is 0.500. The molecule has 0 atom stereocenters. The van der Waals surface area contributed by atoms with Crippen LogP contribution < -0.4 is 4.90 Å². The van der Waals surface area contributed by atoms with Gasteiger partial charge in [0.05, 0.1) is 35.7 Å². The van der Waals surface area contributed by atoms with Gasteiger partial charge in [0.25, 0.3) is 0 Å². The Morgan fingerprint density at radius 3 is 2.42 bits per heavy atom. The van der Waals surface area contributed by atoms with E-state index in [4.69, 9.17) is 9.72 Å². The number of rotatable bonds is 6. The molecule has 2 aromatic heterocycles. The van der Waals surface area contributed by atoms with Crippen molar-refractivity contribution >= 4 is 27.0 Å². The number of ether oxygens (including phenoxy) is 1. The molecule has 0 bridgehead atoms. The average Bonchev–Trinajstić information content (AvgIpc) is 3.21. The Hall–Kier alpha value is -2.60. The van der Waals surface area contributed by atoms with Crippen LogP contribution in [0.4, 0.5) is 5.95 Å². The van der Waals surface area contributed by atoms with Gasteiger partial charge in [-0.2, -0.15) is 4.31 Å². The highest BCUT2D eigenvalue weighted by atomic mass is 32.2. The minimum absolute atomic E-state index is 0.292. The van der Waals surface area contributed by atoms with Gasteiger partial charge in [0.2, 0.25) is 16.0 Å². The predicted octanol–water partition coefficient (Wildman–Crippen LogP) is 1.19. The van der Waals surface area contributed by atoms with Gasteiger partial charge in [0, 0.05) is 58.2 Å². The molecule has 1 aromatic carbocycles. The standard InChI is InChI=1S/C22H29N7O3S/c1-2-29-20-5-4-18(33(30,31)28-12-14-32-15-13-28)16-19(20)25-21(29)17-26-8-10-27(11-9-26)22-23-6-3-7-24-22/h3-7,16H,2,8-15,17H2,1H3.